The highest BCUT2D eigenvalue weighted by atomic mass is 15.2. The van der Waals surface area contributed by atoms with Gasteiger partial charge in [-0.15, -0.1) is 0 Å². The van der Waals surface area contributed by atoms with E-state index < -0.39 is 0 Å². The molecule has 0 fully saturated rings. The molecule has 0 bridgehead atoms. The zero-order valence-electron chi connectivity index (χ0n) is 67.2. The summed E-state index contributed by atoms with van der Waals surface area (Å²) in [6.07, 6.45) is 0. The number of rotatable bonds is 16. The second-order valence-electron chi connectivity index (χ2n) is 33.8. The van der Waals surface area contributed by atoms with Crippen molar-refractivity contribution in [2.45, 2.75) is 158 Å². The molecule has 0 saturated carbocycles. The Labute approximate surface area is 655 Å². The van der Waals surface area contributed by atoms with Gasteiger partial charge in [0.15, 0.2) is 0 Å². The first-order valence-electron chi connectivity index (χ1n) is 40.6. The first kappa shape index (κ1) is 71.8. The Morgan fingerprint density at radius 1 is 0.255 bits per heavy atom. The smallest absolute Gasteiger partial charge is 0.247 e. The predicted molar refractivity (Wildman–Crippen MR) is 474 cm³/mol. The molecule has 0 N–H and O–H groups in total. The largest absolute Gasteiger partial charge is 0.311 e. The average Bonchev–Trinajstić information content (AvgIpc) is 0.709. The molecule has 0 aromatic heterocycles. The van der Waals surface area contributed by atoms with E-state index >= 15 is 0 Å². The Bertz CT molecular complexity index is 5640. The Kier molecular flexibility index (Phi) is 18.8. The van der Waals surface area contributed by atoms with Crippen LogP contribution in [0.15, 0.2) is 279 Å². The summed E-state index contributed by atoms with van der Waals surface area (Å²) in [5, 5.41) is 0. The molecule has 2 heteroatoms. The minimum absolute atomic E-state index is 0.0624. The highest BCUT2D eigenvalue weighted by molar-refractivity contribution is 6.99. The number of hydrogen-bond donors (Lipinski definition) is 0. The highest BCUT2D eigenvalue weighted by Gasteiger charge is 2.47. The first-order valence-corrected chi connectivity index (χ1v) is 40.6. The summed E-state index contributed by atoms with van der Waals surface area (Å²) in [6, 6.07) is 110. The summed E-state index contributed by atoms with van der Waals surface area (Å²) in [7, 11) is 0. The second-order valence-corrected chi connectivity index (χ2v) is 33.8. The molecule has 3 aliphatic rings. The number of nitrogens with zero attached hydrogens (tertiary/aromatic N) is 1. The Morgan fingerprint density at radius 2 is 0.655 bits per heavy atom. The number of aryl methyl sites for hydroxylation is 4. The zero-order chi connectivity index (χ0) is 76.2. The first-order chi connectivity index (χ1) is 53.2. The van der Waals surface area contributed by atoms with E-state index in [1.807, 2.05) is 0 Å². The van der Waals surface area contributed by atoms with Crippen LogP contribution in [-0.2, 0) is 0 Å². The molecule has 1 unspecified atom stereocenters. The summed E-state index contributed by atoms with van der Waals surface area (Å²) in [5.74, 6) is 1.52. The third kappa shape index (κ3) is 12.2. The fourth-order valence-electron chi connectivity index (χ4n) is 19.8. The van der Waals surface area contributed by atoms with Crippen molar-refractivity contribution in [3.8, 4) is 89.0 Å². The minimum Gasteiger partial charge on any atom is -0.311 e. The number of benzene rings is 14. The normalized spacial score (nSPS) is 13.6. The Morgan fingerprint density at radius 3 is 1.11 bits per heavy atom. The van der Waals surface area contributed by atoms with Crippen LogP contribution in [0.2, 0.25) is 0 Å². The molecule has 1 aliphatic carbocycles. The quantitative estimate of drug-likeness (QED) is 0.0872. The van der Waals surface area contributed by atoms with Gasteiger partial charge < -0.3 is 4.90 Å². The molecular formula is C108H102BN. The van der Waals surface area contributed by atoms with E-state index in [9.17, 15) is 0 Å². The lowest BCUT2D eigenvalue weighted by Gasteiger charge is -2.44. The minimum atomic E-state index is -0.265. The van der Waals surface area contributed by atoms with E-state index in [4.69, 9.17) is 0 Å². The predicted octanol–water partition coefficient (Wildman–Crippen LogP) is 28.3. The van der Waals surface area contributed by atoms with E-state index in [1.165, 1.54) is 206 Å². The van der Waals surface area contributed by atoms with Crippen molar-refractivity contribution in [3.05, 3.63) is 368 Å². The molecule has 2 heterocycles. The van der Waals surface area contributed by atoms with Crippen LogP contribution in [0.5, 0.6) is 0 Å². The molecule has 0 saturated heterocycles. The molecule has 542 valence electrons. The van der Waals surface area contributed by atoms with Crippen LogP contribution in [0.4, 0.5) is 17.1 Å². The molecule has 110 heavy (non-hydrogen) atoms. The molecule has 2 aliphatic heterocycles. The van der Waals surface area contributed by atoms with E-state index in [2.05, 4.69) is 395 Å². The summed E-state index contributed by atoms with van der Waals surface area (Å²) in [6.45, 7) is 37.4. The van der Waals surface area contributed by atoms with Gasteiger partial charge in [0.1, 0.15) is 0 Å². The summed E-state index contributed by atoms with van der Waals surface area (Å²) in [4.78, 5) is 2.70. The van der Waals surface area contributed by atoms with Crippen LogP contribution < -0.4 is 21.3 Å². The van der Waals surface area contributed by atoms with Crippen molar-refractivity contribution in [2.75, 3.05) is 4.90 Å². The fourth-order valence-corrected chi connectivity index (χ4v) is 19.8. The molecule has 14 aromatic rings. The summed E-state index contributed by atoms with van der Waals surface area (Å²) in [5.41, 5.74) is 49.6. The van der Waals surface area contributed by atoms with E-state index in [1.54, 1.807) is 0 Å². The van der Waals surface area contributed by atoms with Gasteiger partial charge in [-0.05, 0) is 289 Å². The Balaban J connectivity index is 1.02. The maximum atomic E-state index is 2.73. The molecule has 0 amide bonds. The van der Waals surface area contributed by atoms with Gasteiger partial charge in [-0.25, -0.2) is 0 Å². The molecule has 1 nitrogen and oxygen atoms in total. The van der Waals surface area contributed by atoms with Crippen LogP contribution in [0.3, 0.4) is 0 Å². The second kappa shape index (κ2) is 28.7. The van der Waals surface area contributed by atoms with E-state index in [-0.39, 0.29) is 30.4 Å². The van der Waals surface area contributed by atoms with Crippen molar-refractivity contribution in [3.63, 3.8) is 0 Å². The number of anilines is 3. The molecule has 0 radical (unpaired) electrons. The maximum absolute atomic E-state index is 2.73. The number of hydrogen-bond acceptors (Lipinski definition) is 1. The van der Waals surface area contributed by atoms with Crippen LogP contribution in [0, 0.1) is 27.7 Å². The molecule has 0 spiro atoms. The van der Waals surface area contributed by atoms with Crippen molar-refractivity contribution in [1.82, 2.24) is 0 Å². The third-order valence-electron chi connectivity index (χ3n) is 24.9. The van der Waals surface area contributed by atoms with Gasteiger partial charge in [0.05, 0.1) is 0 Å². The van der Waals surface area contributed by atoms with Gasteiger partial charge in [-0.2, -0.15) is 0 Å². The van der Waals surface area contributed by atoms with E-state index in [0.717, 1.165) is 5.69 Å². The number of fused-ring (bicyclic) bond motifs is 7. The molecular weight excluding hydrogens is 1320 g/mol. The van der Waals surface area contributed by atoms with Gasteiger partial charge in [0.25, 0.3) is 0 Å². The third-order valence-corrected chi connectivity index (χ3v) is 24.9. The van der Waals surface area contributed by atoms with Crippen molar-refractivity contribution in [2.24, 2.45) is 0 Å². The van der Waals surface area contributed by atoms with Gasteiger partial charge in [0.2, 0.25) is 6.71 Å². The zero-order valence-corrected chi connectivity index (χ0v) is 67.2. The molecule has 17 rings (SSSR count). The van der Waals surface area contributed by atoms with Crippen molar-refractivity contribution < 1.29 is 0 Å². The van der Waals surface area contributed by atoms with Crippen molar-refractivity contribution in [1.29, 1.82) is 0 Å². The lowest BCUT2D eigenvalue weighted by molar-refractivity contribution is 0.837. The van der Waals surface area contributed by atoms with Gasteiger partial charge in [-0.3, -0.25) is 0 Å². The maximum Gasteiger partial charge on any atom is 0.247 e. The lowest BCUT2D eigenvalue weighted by Crippen LogP contribution is -2.62. The average molecular weight is 1420 g/mol. The van der Waals surface area contributed by atoms with Gasteiger partial charge in [0, 0.05) is 28.9 Å². The molecule has 1 atom stereocenters. The Hall–Kier alpha value is -11.1. The van der Waals surface area contributed by atoms with Crippen LogP contribution >= 0.6 is 0 Å². The van der Waals surface area contributed by atoms with Gasteiger partial charge in [-0.1, -0.05) is 331 Å². The SMILES string of the molecule is Cc1cccc(C)c1-c1ccc2c(c1)-c1cc(-c3c(C)cccc3C)ccc1C2c1ccc2c(c1)C(c1c(-c3ccccc3)cccc1-c1ccccc1)c1cc(-c3c(C(C)C)cccc3C(C)C)cc3c1B2c1cc(-c2c(C(C)C)cccc2C(C)C)ccc1N3c1ccc(-c2c(C(C)C)cccc2C(C)C)cc1. The topological polar surface area (TPSA) is 3.24 Å². The van der Waals surface area contributed by atoms with Crippen LogP contribution in [-0.4, -0.2) is 6.71 Å². The monoisotopic (exact) mass is 1420 g/mol. The van der Waals surface area contributed by atoms with Crippen LogP contribution in [0.25, 0.3) is 89.0 Å². The van der Waals surface area contributed by atoms with Gasteiger partial charge >= 0.3 is 0 Å². The summed E-state index contributed by atoms with van der Waals surface area (Å²) >= 11 is 0. The standard InChI is InChI=1S/C108H102BN/c1-63(2)82-37-25-38-83(64(3)4)102(82)75-45-51-81(52-46-75)110-98-56-50-79(103-84(65(5)6)39-26-40-85(103)66(7)8)61-97(98)109-96-55-49-78(104-90-53-47-76(100-69(13)29-23-30-70(100)14)57-92(90)93-58-77(48-54-91(93)104)101-71(15)31-24-32-72(101)16)59-94(96)107(106-88(73-33-19-17-20-34-73)43-28-44-89(106)74-35-21-18-22-36-74)95-60-80(62-99(110)108(95)109)105-86(67(9)10)41-27-42-87(105)68(11)12/h17-68,104,107H,1-16H3. The lowest BCUT2D eigenvalue weighted by atomic mass is 9.30. The summed E-state index contributed by atoms with van der Waals surface area (Å²) < 4.78 is 0. The van der Waals surface area contributed by atoms with E-state index in [0.29, 0.717) is 23.7 Å². The highest BCUT2D eigenvalue weighted by Crippen LogP contribution is 2.55. The fraction of sp³-hybridized carbons (Fsp3) is 0.222. The molecule has 14 aromatic carbocycles. The van der Waals surface area contributed by atoms with Crippen molar-refractivity contribution >= 4 is 40.2 Å². The van der Waals surface area contributed by atoms with Crippen LogP contribution in [0.1, 0.15) is 219 Å².